The van der Waals surface area contributed by atoms with Crippen LogP contribution in [0.2, 0.25) is 0 Å². The van der Waals surface area contributed by atoms with Crippen LogP contribution < -0.4 is 9.62 Å². The van der Waals surface area contributed by atoms with Gasteiger partial charge in [-0.1, -0.05) is 18.3 Å². The van der Waals surface area contributed by atoms with Crippen LogP contribution in [0, 0.1) is 0 Å². The van der Waals surface area contributed by atoms with Gasteiger partial charge in [0.05, 0.1) is 12.3 Å². The zero-order valence-corrected chi connectivity index (χ0v) is 20.2. The molecule has 186 valence electrons. The molecule has 1 unspecified atom stereocenters. The normalized spacial score (nSPS) is 16.5. The van der Waals surface area contributed by atoms with E-state index in [4.69, 9.17) is 4.74 Å². The number of azo groups is 1. The fraction of sp³-hybridized carbons (Fsp3) is 0.526. The van der Waals surface area contributed by atoms with Crippen LogP contribution in [0.5, 0.6) is 0 Å². The highest BCUT2D eigenvalue weighted by atomic mass is 32.2. The predicted octanol–water partition coefficient (Wildman–Crippen LogP) is 4.60. The molecule has 15 heteroatoms. The van der Waals surface area contributed by atoms with Gasteiger partial charge in [0.2, 0.25) is 15.0 Å². The summed E-state index contributed by atoms with van der Waals surface area (Å²) in [5.41, 5.74) is 1.41. The predicted molar refractivity (Wildman–Crippen MR) is 121 cm³/mol. The summed E-state index contributed by atoms with van der Waals surface area (Å²) in [6, 6.07) is 3.26. The molecule has 1 aromatic heterocycles. The van der Waals surface area contributed by atoms with Crippen molar-refractivity contribution in [3.05, 3.63) is 22.7 Å². The lowest BCUT2D eigenvalue weighted by molar-refractivity contribution is -0.106. The second-order valence-electron chi connectivity index (χ2n) is 7.50. The molecule has 2 aromatic rings. The van der Waals surface area contributed by atoms with Gasteiger partial charge in [0, 0.05) is 18.8 Å². The highest BCUT2D eigenvalue weighted by Gasteiger charge is 2.36. The number of rotatable bonds is 8. The molecule has 1 atom stereocenters. The van der Waals surface area contributed by atoms with Crippen molar-refractivity contribution in [2.45, 2.75) is 45.3 Å². The average molecular weight is 521 g/mol. The monoisotopic (exact) mass is 520 g/mol. The van der Waals surface area contributed by atoms with Crippen molar-refractivity contribution in [2.75, 3.05) is 29.0 Å². The summed E-state index contributed by atoms with van der Waals surface area (Å²) >= 11 is 0.807. The van der Waals surface area contributed by atoms with Gasteiger partial charge in [0.1, 0.15) is 5.69 Å². The second-order valence-corrected chi connectivity index (χ2v) is 10.2. The van der Waals surface area contributed by atoms with Crippen LogP contribution in [0.4, 0.5) is 35.4 Å². The first-order chi connectivity index (χ1) is 15.9. The van der Waals surface area contributed by atoms with Crippen LogP contribution in [0.3, 0.4) is 0 Å². The van der Waals surface area contributed by atoms with E-state index in [0.29, 0.717) is 12.1 Å². The number of carbonyl (C=O) groups is 1. The molecule has 34 heavy (non-hydrogen) atoms. The molecule has 1 aliphatic heterocycles. The summed E-state index contributed by atoms with van der Waals surface area (Å²) in [5.74, 6) is -2.72. The molecule has 3 rings (SSSR count). The second kappa shape index (κ2) is 10.2. The number of hydrogen-bond donors (Lipinski definition) is 1. The molecule has 0 amide bonds. The van der Waals surface area contributed by atoms with E-state index in [2.05, 4.69) is 20.4 Å². The van der Waals surface area contributed by atoms with Crippen molar-refractivity contribution in [2.24, 2.45) is 10.2 Å². The lowest BCUT2D eigenvalue weighted by atomic mass is 9.94. The molecule has 0 aliphatic carbocycles. The quantitative estimate of drug-likeness (QED) is 0.398. The van der Waals surface area contributed by atoms with Gasteiger partial charge in [0.15, 0.2) is 5.75 Å². The van der Waals surface area contributed by atoms with E-state index in [1.807, 2.05) is 23.6 Å². The smallest absolute Gasteiger partial charge is 0.404 e. The number of alkyl halides is 3. The number of ether oxygens (including phenoxy) is 1. The molecule has 2 heterocycles. The third kappa shape index (κ3) is 6.40. The van der Waals surface area contributed by atoms with E-state index >= 15 is 0 Å². The number of sulfonamides is 1. The maximum Gasteiger partial charge on any atom is 0.404 e. The molecule has 10 nitrogen and oxygen atoms in total. The molecule has 1 aliphatic rings. The molecule has 0 saturated heterocycles. The summed E-state index contributed by atoms with van der Waals surface area (Å²) in [7, 11) is -2.91. The fourth-order valence-electron chi connectivity index (χ4n) is 3.55. The number of benzene rings is 1. The highest BCUT2D eigenvalue weighted by molar-refractivity contribution is 7.92. The molecular weight excluding hydrogens is 497 g/mol. The van der Waals surface area contributed by atoms with Crippen molar-refractivity contribution in [3.63, 3.8) is 0 Å². The fourth-order valence-corrected chi connectivity index (χ4v) is 5.11. The number of nitrogens with zero attached hydrogens (tertiary/aromatic N) is 5. The van der Waals surface area contributed by atoms with Crippen molar-refractivity contribution >= 4 is 49.5 Å². The Labute approximate surface area is 198 Å². The van der Waals surface area contributed by atoms with Crippen LogP contribution in [0.15, 0.2) is 22.4 Å². The van der Waals surface area contributed by atoms with Crippen LogP contribution in [-0.4, -0.2) is 56.2 Å². The average Bonchev–Trinajstić information content (AvgIpc) is 3.20. The number of anilines is 2. The summed E-state index contributed by atoms with van der Waals surface area (Å²) in [6.45, 7) is 3.81. The summed E-state index contributed by atoms with van der Waals surface area (Å²) in [4.78, 5) is 13.7. The summed E-state index contributed by atoms with van der Waals surface area (Å²) in [5, 5.41) is 15.2. The van der Waals surface area contributed by atoms with E-state index in [-0.39, 0.29) is 34.2 Å². The van der Waals surface area contributed by atoms with Crippen molar-refractivity contribution in [1.82, 2.24) is 10.2 Å². The van der Waals surface area contributed by atoms with E-state index in [9.17, 15) is 26.4 Å². The third-order valence-electron chi connectivity index (χ3n) is 5.07. The Morgan fingerprint density at radius 3 is 2.68 bits per heavy atom. The Kier molecular flexibility index (Phi) is 7.75. The minimum Gasteiger partial charge on any atom is -0.461 e. The maximum atomic E-state index is 12.8. The molecule has 0 spiro atoms. The first kappa shape index (κ1) is 25.8. The molecule has 0 radical (unpaired) electrons. The SMILES string of the molecule is CCOC(=O)c1nnc(N=Nc2cc3c(cc2NS(=O)(=O)CC(F)(F)F)N(C)C(CC)CC3)s1. The topological polar surface area (TPSA) is 126 Å². The molecular formula is C19H23F3N6O4S2. The van der Waals surface area contributed by atoms with E-state index in [1.54, 1.807) is 13.0 Å². The zero-order chi connectivity index (χ0) is 25.1. The van der Waals surface area contributed by atoms with Crippen molar-refractivity contribution in [1.29, 1.82) is 0 Å². The number of esters is 1. The maximum absolute atomic E-state index is 12.8. The van der Waals surface area contributed by atoms with E-state index in [1.165, 1.54) is 6.07 Å². The van der Waals surface area contributed by atoms with Crippen LogP contribution >= 0.6 is 11.3 Å². The van der Waals surface area contributed by atoms with Gasteiger partial charge in [0.25, 0.3) is 5.13 Å². The van der Waals surface area contributed by atoms with Gasteiger partial charge < -0.3 is 9.64 Å². The van der Waals surface area contributed by atoms with Gasteiger partial charge in [-0.3, -0.25) is 4.72 Å². The third-order valence-corrected chi connectivity index (χ3v) is 7.10. The first-order valence-corrected chi connectivity index (χ1v) is 12.8. The Balaban J connectivity index is 1.98. The lowest BCUT2D eigenvalue weighted by Gasteiger charge is -2.36. The lowest BCUT2D eigenvalue weighted by Crippen LogP contribution is -2.35. The van der Waals surface area contributed by atoms with Crippen molar-refractivity contribution in [3.8, 4) is 0 Å². The van der Waals surface area contributed by atoms with Gasteiger partial charge in [-0.05, 0) is 43.9 Å². The van der Waals surface area contributed by atoms with Gasteiger partial charge in [-0.2, -0.15) is 13.2 Å². The van der Waals surface area contributed by atoms with E-state index < -0.39 is 27.9 Å². The molecule has 0 saturated carbocycles. The Morgan fingerprint density at radius 1 is 1.29 bits per heavy atom. The molecule has 1 N–H and O–H groups in total. The van der Waals surface area contributed by atoms with Gasteiger partial charge in [-0.15, -0.1) is 20.4 Å². The Morgan fingerprint density at radius 2 is 2.03 bits per heavy atom. The van der Waals surface area contributed by atoms with Gasteiger partial charge in [-0.25, -0.2) is 13.2 Å². The minimum atomic E-state index is -4.91. The number of carbonyl (C=O) groups excluding carboxylic acids is 1. The number of halogens is 3. The largest absolute Gasteiger partial charge is 0.461 e. The Bertz CT molecular complexity index is 1180. The zero-order valence-electron chi connectivity index (χ0n) is 18.6. The standard InChI is InChI=1S/C19H23F3N6O4S2/c1-4-12-7-6-11-8-13(23-25-18-26-24-16(33-18)17(29)32-5-2)14(9-15(11)28(12)3)27-34(30,31)10-19(20,21)22/h8-9,12,27H,4-7,10H2,1-3H3. The number of nitrogens with one attached hydrogen (secondary N) is 1. The Hall–Kier alpha value is -2.81. The number of aryl methyl sites for hydroxylation is 1. The summed E-state index contributed by atoms with van der Waals surface area (Å²) in [6.07, 6.45) is -2.52. The van der Waals surface area contributed by atoms with Crippen molar-refractivity contribution < 1.29 is 31.1 Å². The summed E-state index contributed by atoms with van der Waals surface area (Å²) < 4.78 is 69.4. The molecule has 0 fully saturated rings. The number of hydrogen-bond acceptors (Lipinski definition) is 10. The molecule has 1 aromatic carbocycles. The number of aromatic nitrogens is 2. The van der Waals surface area contributed by atoms with E-state index in [0.717, 1.165) is 29.7 Å². The highest BCUT2D eigenvalue weighted by Crippen LogP contribution is 2.40. The first-order valence-electron chi connectivity index (χ1n) is 10.3. The van der Waals surface area contributed by atoms with Crippen LogP contribution in [0.25, 0.3) is 0 Å². The van der Waals surface area contributed by atoms with Gasteiger partial charge >= 0.3 is 12.1 Å². The van der Waals surface area contributed by atoms with Crippen LogP contribution in [-0.2, 0) is 21.2 Å². The minimum absolute atomic E-state index is 0.00645. The number of fused-ring (bicyclic) bond motifs is 1. The molecule has 0 bridgehead atoms. The van der Waals surface area contributed by atoms with Crippen LogP contribution in [0.1, 0.15) is 42.1 Å².